The standard InChI is InChI=1S/C26H29N3O2S/c30-26-22-17-21(22)19-7-6-18(16-23(19)27-26)31-14-2-1-9-28-10-12-29(13-11-28)24-4-3-5-25-20(24)8-15-32-25/h3-8,15-16,21-22H,1-2,9-14,17H2,(H,27,30). The van der Waals surface area contributed by atoms with Gasteiger partial charge in [0.05, 0.1) is 6.61 Å². The summed E-state index contributed by atoms with van der Waals surface area (Å²) in [6.07, 6.45) is 3.19. The predicted octanol–water partition coefficient (Wildman–Crippen LogP) is 4.94. The molecule has 2 aromatic carbocycles. The third kappa shape index (κ3) is 3.86. The van der Waals surface area contributed by atoms with Gasteiger partial charge < -0.3 is 15.0 Å². The van der Waals surface area contributed by atoms with Gasteiger partial charge >= 0.3 is 0 Å². The molecule has 5 nitrogen and oxygen atoms in total. The minimum absolute atomic E-state index is 0.173. The van der Waals surface area contributed by atoms with Gasteiger partial charge in [0.15, 0.2) is 0 Å². The number of rotatable bonds is 7. The average molecular weight is 448 g/mol. The molecule has 3 heterocycles. The Bertz CT molecular complexity index is 1140. The molecule has 166 valence electrons. The Kier molecular flexibility index (Phi) is 5.27. The number of fused-ring (bicyclic) bond motifs is 4. The Labute approximate surface area is 193 Å². The summed E-state index contributed by atoms with van der Waals surface area (Å²) >= 11 is 1.82. The van der Waals surface area contributed by atoms with E-state index in [0.717, 1.165) is 70.0 Å². The number of hydrogen-bond acceptors (Lipinski definition) is 5. The average Bonchev–Trinajstić information content (AvgIpc) is 3.49. The van der Waals surface area contributed by atoms with Gasteiger partial charge in [-0.2, -0.15) is 0 Å². The number of unbranched alkanes of at least 4 members (excludes halogenated alkanes) is 1. The first-order valence-corrected chi connectivity index (χ1v) is 12.7. The zero-order valence-corrected chi connectivity index (χ0v) is 19.1. The molecule has 1 amide bonds. The smallest absolute Gasteiger partial charge is 0.228 e. The molecule has 3 aromatic rings. The van der Waals surface area contributed by atoms with Gasteiger partial charge in [0.1, 0.15) is 5.75 Å². The molecular formula is C26H29N3O2S. The summed E-state index contributed by atoms with van der Waals surface area (Å²) in [5.41, 5.74) is 3.61. The molecule has 2 aliphatic heterocycles. The number of hydrogen-bond donors (Lipinski definition) is 1. The Morgan fingerprint density at radius 1 is 1.03 bits per heavy atom. The van der Waals surface area contributed by atoms with E-state index >= 15 is 0 Å². The van der Waals surface area contributed by atoms with Gasteiger partial charge in [0.2, 0.25) is 5.91 Å². The maximum Gasteiger partial charge on any atom is 0.228 e. The lowest BCUT2D eigenvalue weighted by Gasteiger charge is -2.36. The van der Waals surface area contributed by atoms with Gasteiger partial charge in [-0.3, -0.25) is 9.69 Å². The molecule has 32 heavy (non-hydrogen) atoms. The lowest BCUT2D eigenvalue weighted by molar-refractivity contribution is -0.117. The predicted molar refractivity (Wildman–Crippen MR) is 131 cm³/mol. The van der Waals surface area contributed by atoms with E-state index in [1.165, 1.54) is 21.3 Å². The van der Waals surface area contributed by atoms with Crippen LogP contribution in [0.4, 0.5) is 11.4 Å². The van der Waals surface area contributed by atoms with Crippen molar-refractivity contribution in [1.29, 1.82) is 0 Å². The fourth-order valence-corrected chi connectivity index (χ4v) is 6.01. The van der Waals surface area contributed by atoms with Crippen molar-refractivity contribution in [3.8, 4) is 5.75 Å². The number of amides is 1. The number of ether oxygens (including phenoxy) is 1. The van der Waals surface area contributed by atoms with Crippen LogP contribution < -0.4 is 15.0 Å². The van der Waals surface area contributed by atoms with Gasteiger partial charge in [-0.15, -0.1) is 11.3 Å². The number of nitrogens with one attached hydrogen (secondary N) is 1. The highest BCUT2D eigenvalue weighted by Gasteiger charge is 2.48. The Balaban J connectivity index is 0.936. The molecule has 2 fully saturated rings. The van der Waals surface area contributed by atoms with Crippen molar-refractivity contribution >= 4 is 38.7 Å². The monoisotopic (exact) mass is 447 g/mol. The second-order valence-electron chi connectivity index (χ2n) is 9.18. The van der Waals surface area contributed by atoms with E-state index in [1.54, 1.807) is 0 Å². The summed E-state index contributed by atoms with van der Waals surface area (Å²) in [4.78, 5) is 17.1. The SMILES string of the molecule is O=C1Nc2cc(OCCCCN3CCN(c4cccc5sccc45)CC3)ccc2C2CC12. The van der Waals surface area contributed by atoms with Crippen LogP contribution in [0.1, 0.15) is 30.7 Å². The minimum atomic E-state index is 0.173. The Hall–Kier alpha value is -2.57. The first kappa shape index (κ1) is 20.1. The van der Waals surface area contributed by atoms with Crippen LogP contribution in [0.3, 0.4) is 0 Å². The highest BCUT2D eigenvalue weighted by atomic mass is 32.1. The van der Waals surface area contributed by atoms with Crippen LogP contribution >= 0.6 is 11.3 Å². The summed E-state index contributed by atoms with van der Waals surface area (Å²) in [5, 5.41) is 6.61. The minimum Gasteiger partial charge on any atom is -0.494 e. The first-order chi connectivity index (χ1) is 15.8. The molecule has 0 radical (unpaired) electrons. The molecule has 2 unspecified atom stereocenters. The van der Waals surface area contributed by atoms with Crippen molar-refractivity contribution in [1.82, 2.24) is 4.90 Å². The van der Waals surface area contributed by atoms with Gasteiger partial charge in [0, 0.05) is 59.6 Å². The van der Waals surface area contributed by atoms with E-state index < -0.39 is 0 Å². The summed E-state index contributed by atoms with van der Waals surface area (Å²) in [6, 6.07) is 15.1. The van der Waals surface area contributed by atoms with Crippen LogP contribution in [-0.2, 0) is 4.79 Å². The van der Waals surface area contributed by atoms with E-state index in [2.05, 4.69) is 56.9 Å². The molecule has 0 spiro atoms. The molecule has 1 saturated heterocycles. The molecule has 3 aliphatic rings. The van der Waals surface area contributed by atoms with E-state index in [4.69, 9.17) is 4.74 Å². The van der Waals surface area contributed by atoms with Crippen LogP contribution in [0.5, 0.6) is 5.75 Å². The first-order valence-electron chi connectivity index (χ1n) is 11.8. The molecule has 6 heteroatoms. The molecule has 0 bridgehead atoms. The fraction of sp³-hybridized carbons (Fsp3) is 0.423. The number of thiophene rings is 1. The van der Waals surface area contributed by atoms with Gasteiger partial charge in [-0.05, 0) is 66.9 Å². The van der Waals surface area contributed by atoms with Crippen molar-refractivity contribution in [3.63, 3.8) is 0 Å². The number of anilines is 2. The lowest BCUT2D eigenvalue weighted by Crippen LogP contribution is -2.46. The fourth-order valence-electron chi connectivity index (χ4n) is 5.20. The number of piperazine rings is 1. The van der Waals surface area contributed by atoms with Crippen LogP contribution in [0, 0.1) is 5.92 Å². The number of carbonyl (C=O) groups excluding carboxylic acids is 1. The Morgan fingerprint density at radius 3 is 2.84 bits per heavy atom. The van der Waals surface area contributed by atoms with Crippen molar-refractivity contribution in [2.45, 2.75) is 25.2 Å². The third-order valence-corrected chi connectivity index (χ3v) is 8.01. The highest BCUT2D eigenvalue weighted by molar-refractivity contribution is 7.17. The number of carbonyl (C=O) groups is 1. The van der Waals surface area contributed by atoms with Crippen LogP contribution in [0.15, 0.2) is 47.8 Å². The summed E-state index contributed by atoms with van der Waals surface area (Å²) < 4.78 is 7.35. The number of benzene rings is 2. The topological polar surface area (TPSA) is 44.8 Å². The van der Waals surface area contributed by atoms with E-state index in [0.29, 0.717) is 5.92 Å². The van der Waals surface area contributed by atoms with Crippen molar-refractivity contribution in [3.05, 3.63) is 53.4 Å². The van der Waals surface area contributed by atoms with E-state index in [-0.39, 0.29) is 11.8 Å². The molecule has 1 aromatic heterocycles. The van der Waals surface area contributed by atoms with Crippen molar-refractivity contribution in [2.75, 3.05) is 49.5 Å². The van der Waals surface area contributed by atoms with Crippen LogP contribution in [-0.4, -0.2) is 50.1 Å². The van der Waals surface area contributed by atoms with E-state index in [1.807, 2.05) is 17.4 Å². The third-order valence-electron chi connectivity index (χ3n) is 7.13. The zero-order chi connectivity index (χ0) is 21.5. The maximum atomic E-state index is 11.9. The second-order valence-corrected chi connectivity index (χ2v) is 10.1. The molecule has 1 N–H and O–H groups in total. The summed E-state index contributed by atoms with van der Waals surface area (Å²) in [6.45, 7) is 6.27. The summed E-state index contributed by atoms with van der Waals surface area (Å²) in [5.74, 6) is 1.68. The summed E-state index contributed by atoms with van der Waals surface area (Å²) in [7, 11) is 0. The van der Waals surface area contributed by atoms with Crippen molar-refractivity contribution < 1.29 is 9.53 Å². The quantitative estimate of drug-likeness (QED) is 0.521. The normalized spacial score (nSPS) is 22.4. The van der Waals surface area contributed by atoms with Crippen LogP contribution in [0.2, 0.25) is 0 Å². The van der Waals surface area contributed by atoms with E-state index in [9.17, 15) is 4.79 Å². The Morgan fingerprint density at radius 2 is 1.94 bits per heavy atom. The largest absolute Gasteiger partial charge is 0.494 e. The molecule has 1 saturated carbocycles. The molecule has 6 rings (SSSR count). The van der Waals surface area contributed by atoms with Gasteiger partial charge in [-0.1, -0.05) is 12.1 Å². The highest BCUT2D eigenvalue weighted by Crippen LogP contribution is 2.53. The second kappa shape index (κ2) is 8.41. The molecule has 2 atom stereocenters. The van der Waals surface area contributed by atoms with Crippen LogP contribution in [0.25, 0.3) is 10.1 Å². The number of nitrogens with zero attached hydrogens (tertiary/aromatic N) is 2. The maximum absolute atomic E-state index is 11.9. The lowest BCUT2D eigenvalue weighted by atomic mass is 10.0. The molecular weight excluding hydrogens is 418 g/mol. The van der Waals surface area contributed by atoms with Gasteiger partial charge in [-0.25, -0.2) is 0 Å². The zero-order valence-electron chi connectivity index (χ0n) is 18.3. The molecule has 1 aliphatic carbocycles. The van der Waals surface area contributed by atoms with Crippen molar-refractivity contribution in [2.24, 2.45) is 5.92 Å². The van der Waals surface area contributed by atoms with Gasteiger partial charge in [0.25, 0.3) is 0 Å².